The molecule has 1 aromatic carbocycles. The molecule has 26 heavy (non-hydrogen) atoms. The van der Waals surface area contributed by atoms with Gasteiger partial charge in [0, 0.05) is 30.3 Å². The van der Waals surface area contributed by atoms with Gasteiger partial charge in [0.15, 0.2) is 5.16 Å². The minimum Gasteiger partial charge on any atom is -0.346 e. The summed E-state index contributed by atoms with van der Waals surface area (Å²) >= 11 is 1.70. The van der Waals surface area contributed by atoms with Gasteiger partial charge in [-0.3, -0.25) is 9.59 Å². The Balaban J connectivity index is 1.48. The Kier molecular flexibility index (Phi) is 4.34. The molecule has 3 heterocycles. The average Bonchev–Trinajstić information content (AvgIpc) is 3.21. The van der Waals surface area contributed by atoms with E-state index in [1.807, 2.05) is 37.4 Å². The summed E-state index contributed by atoms with van der Waals surface area (Å²) in [6, 6.07) is 7.65. The number of amides is 1. The molecule has 2 aromatic heterocycles. The lowest BCUT2D eigenvalue weighted by Gasteiger charge is -2.05. The van der Waals surface area contributed by atoms with E-state index in [0.717, 1.165) is 34.3 Å². The Morgan fingerprint density at radius 2 is 2.31 bits per heavy atom. The van der Waals surface area contributed by atoms with E-state index in [2.05, 4.69) is 24.8 Å². The minimum atomic E-state index is -0.463. The van der Waals surface area contributed by atoms with E-state index in [4.69, 9.17) is 0 Å². The van der Waals surface area contributed by atoms with Crippen molar-refractivity contribution >= 4 is 17.7 Å². The van der Waals surface area contributed by atoms with Gasteiger partial charge in [-0.25, -0.2) is 9.97 Å². The second kappa shape index (κ2) is 6.80. The number of aryl methyl sites for hydroxylation is 2. The van der Waals surface area contributed by atoms with Crippen molar-refractivity contribution in [2.24, 2.45) is 0 Å². The van der Waals surface area contributed by atoms with E-state index in [-0.39, 0.29) is 12.1 Å². The molecule has 0 radical (unpaired) electrons. The lowest BCUT2D eigenvalue weighted by atomic mass is 10.1. The number of hydrogen-bond donors (Lipinski definition) is 2. The van der Waals surface area contributed by atoms with Gasteiger partial charge in [-0.05, 0) is 13.0 Å². The fraction of sp³-hybridized carbons (Fsp3) is 0.222. The topological polar surface area (TPSA) is 92.7 Å². The Morgan fingerprint density at radius 1 is 1.42 bits per heavy atom. The van der Waals surface area contributed by atoms with Crippen molar-refractivity contribution in [3.05, 3.63) is 63.8 Å². The molecule has 0 saturated carbocycles. The molecule has 132 valence electrons. The highest BCUT2D eigenvalue weighted by atomic mass is 32.2. The van der Waals surface area contributed by atoms with E-state index >= 15 is 0 Å². The number of H-pyrrole nitrogens is 1. The summed E-state index contributed by atoms with van der Waals surface area (Å²) in [5, 5.41) is 3.70. The molecule has 0 fully saturated rings. The number of rotatable bonds is 4. The number of aromatic amines is 1. The molecule has 1 aliphatic rings. The first kappa shape index (κ1) is 16.6. The first-order chi connectivity index (χ1) is 12.6. The molecule has 2 N–H and O–H groups in total. The first-order valence-corrected chi connectivity index (χ1v) is 9.22. The molecule has 0 atom stereocenters. The van der Waals surface area contributed by atoms with E-state index in [1.54, 1.807) is 11.8 Å². The van der Waals surface area contributed by atoms with Crippen LogP contribution in [-0.2, 0) is 13.1 Å². The van der Waals surface area contributed by atoms with Crippen LogP contribution >= 0.6 is 11.8 Å². The van der Waals surface area contributed by atoms with Gasteiger partial charge in [0.2, 0.25) is 0 Å². The number of benzene rings is 1. The Morgan fingerprint density at radius 3 is 3.08 bits per heavy atom. The molecule has 0 unspecified atom stereocenters. The first-order valence-electron chi connectivity index (χ1n) is 8.23. The van der Waals surface area contributed by atoms with E-state index in [1.165, 1.54) is 6.20 Å². The monoisotopic (exact) mass is 367 g/mol. The van der Waals surface area contributed by atoms with Crippen LogP contribution < -0.4 is 10.9 Å². The summed E-state index contributed by atoms with van der Waals surface area (Å²) in [7, 11) is 0. The standard InChI is InChI=1S/C18H17N5O2S/c1-11-3-2-4-12(7-11)15-19-9-14(17(25)22-15)16(24)20-8-13-10-23-5-6-26-18(23)21-13/h2-4,7,9-10H,5-6,8H2,1H3,(H,20,24)(H,19,22,25). The van der Waals surface area contributed by atoms with Crippen molar-refractivity contribution in [2.75, 3.05) is 5.75 Å². The molecule has 7 nitrogen and oxygen atoms in total. The molecule has 0 aliphatic carbocycles. The maximum absolute atomic E-state index is 12.3. The number of nitrogens with zero attached hydrogens (tertiary/aromatic N) is 3. The predicted molar refractivity (Wildman–Crippen MR) is 99.2 cm³/mol. The van der Waals surface area contributed by atoms with E-state index in [0.29, 0.717) is 5.82 Å². The quantitative estimate of drug-likeness (QED) is 0.736. The van der Waals surface area contributed by atoms with Crippen molar-refractivity contribution in [3.8, 4) is 11.4 Å². The Labute approximate surface area is 153 Å². The second-order valence-electron chi connectivity index (χ2n) is 6.08. The summed E-state index contributed by atoms with van der Waals surface area (Å²) in [5.41, 5.74) is 2.18. The number of fused-ring (bicyclic) bond motifs is 1. The van der Waals surface area contributed by atoms with Gasteiger partial charge >= 0.3 is 0 Å². The third kappa shape index (κ3) is 3.28. The van der Waals surface area contributed by atoms with Crippen molar-refractivity contribution in [3.63, 3.8) is 0 Å². The van der Waals surface area contributed by atoms with Gasteiger partial charge in [0.25, 0.3) is 11.5 Å². The number of aromatic nitrogens is 4. The molecular formula is C18H17N5O2S. The lowest BCUT2D eigenvalue weighted by Crippen LogP contribution is -2.29. The van der Waals surface area contributed by atoms with Crippen LogP contribution in [0.15, 0.2) is 46.6 Å². The highest BCUT2D eigenvalue weighted by Crippen LogP contribution is 2.24. The summed E-state index contributed by atoms with van der Waals surface area (Å²) in [5.74, 6) is 1.01. The number of imidazole rings is 1. The molecule has 4 rings (SSSR count). The van der Waals surface area contributed by atoms with Gasteiger partial charge in [-0.15, -0.1) is 0 Å². The average molecular weight is 367 g/mol. The summed E-state index contributed by atoms with van der Waals surface area (Å²) in [4.78, 5) is 35.9. The molecule has 0 bridgehead atoms. The number of hydrogen-bond acceptors (Lipinski definition) is 5. The highest BCUT2D eigenvalue weighted by molar-refractivity contribution is 7.99. The van der Waals surface area contributed by atoms with Crippen LogP contribution in [0, 0.1) is 6.92 Å². The van der Waals surface area contributed by atoms with Crippen LogP contribution in [0.4, 0.5) is 0 Å². The van der Waals surface area contributed by atoms with E-state index < -0.39 is 11.5 Å². The molecular weight excluding hydrogens is 350 g/mol. The molecule has 0 saturated heterocycles. The number of thioether (sulfide) groups is 1. The third-order valence-electron chi connectivity index (χ3n) is 4.12. The van der Waals surface area contributed by atoms with Gasteiger partial charge in [0.05, 0.1) is 12.2 Å². The molecule has 1 aliphatic heterocycles. The van der Waals surface area contributed by atoms with Gasteiger partial charge in [-0.1, -0.05) is 35.5 Å². The van der Waals surface area contributed by atoms with E-state index in [9.17, 15) is 9.59 Å². The SMILES string of the molecule is Cc1cccc(-c2ncc(C(=O)NCc3cn4c(n3)SCC4)c(=O)[nH]2)c1. The molecule has 3 aromatic rings. The zero-order chi connectivity index (χ0) is 18.1. The Hall–Kier alpha value is -2.87. The maximum atomic E-state index is 12.3. The summed E-state index contributed by atoms with van der Waals surface area (Å²) < 4.78 is 2.07. The van der Waals surface area contributed by atoms with Crippen molar-refractivity contribution in [1.29, 1.82) is 0 Å². The third-order valence-corrected chi connectivity index (χ3v) is 5.09. The summed E-state index contributed by atoms with van der Waals surface area (Å²) in [6.07, 6.45) is 3.24. The normalized spacial score (nSPS) is 12.8. The fourth-order valence-corrected chi connectivity index (χ4v) is 3.77. The zero-order valence-corrected chi connectivity index (χ0v) is 15.0. The van der Waals surface area contributed by atoms with Crippen molar-refractivity contribution in [2.45, 2.75) is 25.2 Å². The molecule has 1 amide bonds. The maximum Gasteiger partial charge on any atom is 0.264 e. The minimum absolute atomic E-state index is 0.0115. The smallest absolute Gasteiger partial charge is 0.264 e. The second-order valence-corrected chi connectivity index (χ2v) is 7.15. The lowest BCUT2D eigenvalue weighted by molar-refractivity contribution is 0.0948. The number of nitrogens with one attached hydrogen (secondary N) is 2. The van der Waals surface area contributed by atoms with Gasteiger partial charge < -0.3 is 14.9 Å². The van der Waals surface area contributed by atoms with Crippen LogP contribution in [-0.4, -0.2) is 31.2 Å². The Bertz CT molecular complexity index is 1020. The van der Waals surface area contributed by atoms with Crippen LogP contribution in [0.3, 0.4) is 0 Å². The van der Waals surface area contributed by atoms with Crippen molar-refractivity contribution < 1.29 is 4.79 Å². The van der Waals surface area contributed by atoms with Gasteiger partial charge in [-0.2, -0.15) is 0 Å². The van der Waals surface area contributed by atoms with Gasteiger partial charge in [0.1, 0.15) is 11.4 Å². The number of carbonyl (C=O) groups is 1. The van der Waals surface area contributed by atoms with Crippen LogP contribution in [0.25, 0.3) is 11.4 Å². The van der Waals surface area contributed by atoms with Crippen LogP contribution in [0.1, 0.15) is 21.6 Å². The molecule has 8 heteroatoms. The number of carbonyl (C=O) groups excluding carboxylic acids is 1. The largest absolute Gasteiger partial charge is 0.346 e. The van der Waals surface area contributed by atoms with Crippen LogP contribution in [0.5, 0.6) is 0 Å². The fourth-order valence-electron chi connectivity index (χ4n) is 2.81. The van der Waals surface area contributed by atoms with Crippen molar-refractivity contribution in [1.82, 2.24) is 24.8 Å². The van der Waals surface area contributed by atoms with Crippen LogP contribution in [0.2, 0.25) is 0 Å². The zero-order valence-electron chi connectivity index (χ0n) is 14.2. The predicted octanol–water partition coefficient (Wildman–Crippen LogP) is 1.98. The highest BCUT2D eigenvalue weighted by Gasteiger charge is 2.16. The summed E-state index contributed by atoms with van der Waals surface area (Å²) in [6.45, 7) is 3.18. The molecule has 0 spiro atoms.